The maximum absolute atomic E-state index is 11.0. The highest BCUT2D eigenvalue weighted by Gasteiger charge is 2.72. The van der Waals surface area contributed by atoms with Crippen LogP contribution in [0.15, 0.2) is 0 Å². The summed E-state index contributed by atoms with van der Waals surface area (Å²) in [5.74, 6) is 0. The molecule has 0 aromatic heterocycles. The maximum atomic E-state index is 11.0. The van der Waals surface area contributed by atoms with Crippen LogP contribution in [0, 0.1) is 0 Å². The van der Waals surface area contributed by atoms with E-state index in [9.17, 15) is 66.4 Å². The molecule has 1 aliphatic carbocycles. The molecule has 20 nitrogen and oxygen atoms in total. The molecule has 0 amide bonds. The summed E-state index contributed by atoms with van der Waals surface area (Å²) in [6.07, 6.45) is -27.0. The first-order valence-corrected chi connectivity index (χ1v) is 14.6. The molecule has 0 bridgehead atoms. The van der Waals surface area contributed by atoms with Gasteiger partial charge >= 0.3 is 0 Å². The van der Waals surface area contributed by atoms with Gasteiger partial charge in [0, 0.05) is 0 Å². The molecular weight excluding hydrogens is 618 g/mol. The van der Waals surface area contributed by atoms with Gasteiger partial charge in [0.25, 0.3) is 0 Å². The molecule has 0 radical (unpaired) electrons. The summed E-state index contributed by atoms with van der Waals surface area (Å²) < 4.78 is 33.0. The fourth-order valence-corrected chi connectivity index (χ4v) is 6.54. The zero-order valence-corrected chi connectivity index (χ0v) is 23.8. The van der Waals surface area contributed by atoms with Crippen LogP contribution in [-0.2, 0) is 28.4 Å². The summed E-state index contributed by atoms with van der Waals surface area (Å²) in [6, 6.07) is -2.53. The van der Waals surface area contributed by atoms with Gasteiger partial charge < -0.3 is 100 Å². The van der Waals surface area contributed by atoms with E-state index in [-0.39, 0.29) is 6.61 Å². The lowest BCUT2D eigenvalue weighted by Gasteiger charge is -2.48. The molecule has 4 aliphatic heterocycles. The molecule has 5 aliphatic rings. The molecule has 20 atom stereocenters. The van der Waals surface area contributed by atoms with E-state index in [1.54, 1.807) is 0 Å². The third kappa shape index (κ3) is 6.26. The van der Waals surface area contributed by atoms with Crippen molar-refractivity contribution in [1.82, 2.24) is 5.32 Å². The molecule has 4 saturated heterocycles. The number of rotatable bonds is 10. The number of nitrogens with one attached hydrogen (secondary N) is 1. The number of aliphatic hydroxyl groups is 13. The maximum Gasteiger partial charge on any atom is 0.187 e. The molecular formula is C25H43NO19. The van der Waals surface area contributed by atoms with Gasteiger partial charge in [-0.05, 0) is 0 Å². The van der Waals surface area contributed by atoms with Gasteiger partial charge in [-0.3, -0.25) is 0 Å². The van der Waals surface area contributed by atoms with E-state index in [2.05, 4.69) is 5.32 Å². The van der Waals surface area contributed by atoms with Crippen molar-refractivity contribution in [2.45, 2.75) is 122 Å². The minimum Gasteiger partial charge on any atom is -0.394 e. The first-order chi connectivity index (χ1) is 21.3. The minimum absolute atomic E-state index is 0.303. The van der Waals surface area contributed by atoms with E-state index in [0.717, 1.165) is 0 Å². The third-order valence-electron chi connectivity index (χ3n) is 9.32. The van der Waals surface area contributed by atoms with Gasteiger partial charge in [-0.15, -0.1) is 0 Å². The van der Waals surface area contributed by atoms with Crippen LogP contribution in [0.1, 0.15) is 0 Å². The topological polar surface area (TPSA) is 334 Å². The number of hydrogen-bond donors (Lipinski definition) is 14. The van der Waals surface area contributed by atoms with Gasteiger partial charge in [0.2, 0.25) is 0 Å². The normalized spacial score (nSPS) is 55.3. The smallest absolute Gasteiger partial charge is 0.187 e. The van der Waals surface area contributed by atoms with Crippen molar-refractivity contribution in [3.63, 3.8) is 0 Å². The van der Waals surface area contributed by atoms with E-state index in [1.165, 1.54) is 0 Å². The zero-order valence-electron chi connectivity index (χ0n) is 23.8. The van der Waals surface area contributed by atoms with Crippen LogP contribution in [0.5, 0.6) is 0 Å². The van der Waals surface area contributed by atoms with Gasteiger partial charge in [-0.1, -0.05) is 0 Å². The highest BCUT2D eigenvalue weighted by atomic mass is 16.7. The van der Waals surface area contributed by atoms with Crippen LogP contribution in [0.2, 0.25) is 0 Å². The van der Waals surface area contributed by atoms with Crippen molar-refractivity contribution in [2.24, 2.45) is 0 Å². The van der Waals surface area contributed by atoms with E-state index in [1.807, 2.05) is 0 Å². The van der Waals surface area contributed by atoms with Crippen molar-refractivity contribution in [2.75, 3.05) is 33.0 Å². The Morgan fingerprint density at radius 1 is 0.600 bits per heavy atom. The summed E-state index contributed by atoms with van der Waals surface area (Å²) in [5, 5.41) is 137. The Balaban J connectivity index is 1.25. The van der Waals surface area contributed by atoms with Crippen molar-refractivity contribution in [3.05, 3.63) is 0 Å². The molecule has 20 unspecified atom stereocenters. The Bertz CT molecular complexity index is 979. The van der Waals surface area contributed by atoms with E-state index in [0.29, 0.717) is 0 Å². The van der Waals surface area contributed by atoms with Crippen LogP contribution in [0.4, 0.5) is 0 Å². The van der Waals surface area contributed by atoms with E-state index in [4.69, 9.17) is 28.4 Å². The van der Waals surface area contributed by atoms with Crippen molar-refractivity contribution >= 4 is 0 Å². The molecule has 14 N–H and O–H groups in total. The SMILES string of the molecule is OCC1OC(OC2C(CO)OC(OC3C(CO)OCC(O)C3O)C(O)C2O)C(O)C(O)C1NC1C(O)C(O)C(O)C2(CO)OC12. The molecule has 5 rings (SSSR count). The third-order valence-corrected chi connectivity index (χ3v) is 9.32. The Kier molecular flexibility index (Phi) is 11.0. The summed E-state index contributed by atoms with van der Waals surface area (Å²) in [5.41, 5.74) is -1.57. The highest BCUT2D eigenvalue weighted by molar-refractivity contribution is 5.22. The Morgan fingerprint density at radius 3 is 1.71 bits per heavy atom. The van der Waals surface area contributed by atoms with Crippen molar-refractivity contribution in [3.8, 4) is 0 Å². The Hall–Kier alpha value is -0.800. The van der Waals surface area contributed by atoms with Crippen LogP contribution in [0.3, 0.4) is 0 Å². The summed E-state index contributed by atoms with van der Waals surface area (Å²) in [4.78, 5) is 0. The Labute approximate surface area is 255 Å². The minimum atomic E-state index is -1.92. The highest BCUT2D eigenvalue weighted by Crippen LogP contribution is 2.48. The standard InChI is InChI=1S/C25H43NO19/c27-1-7-10(26-11-14(34)16(36)21(39)25(5-30)22(11)45-25)13(33)17(37)23(41-7)44-20-9(3-29)42-24(18(38)15(20)35)43-19-8(2-28)40-4-6(31)12(19)32/h6-24,26-39H,1-5H2. The zero-order chi connectivity index (χ0) is 33.0. The predicted octanol–water partition coefficient (Wildman–Crippen LogP) is -9.70. The van der Waals surface area contributed by atoms with Crippen molar-refractivity contribution in [1.29, 1.82) is 0 Å². The molecule has 0 aromatic rings. The second-order valence-corrected chi connectivity index (χ2v) is 12.0. The number of fused-ring (bicyclic) bond motifs is 1. The van der Waals surface area contributed by atoms with Crippen LogP contribution in [0.25, 0.3) is 0 Å². The quantitative estimate of drug-likeness (QED) is 0.0966. The molecule has 45 heavy (non-hydrogen) atoms. The van der Waals surface area contributed by atoms with Gasteiger partial charge in [-0.25, -0.2) is 0 Å². The van der Waals surface area contributed by atoms with Crippen LogP contribution >= 0.6 is 0 Å². The lowest BCUT2D eigenvalue weighted by atomic mass is 9.79. The molecule has 5 fully saturated rings. The van der Waals surface area contributed by atoms with Crippen LogP contribution < -0.4 is 5.32 Å². The fourth-order valence-electron chi connectivity index (χ4n) is 6.54. The summed E-state index contributed by atoms with van der Waals surface area (Å²) in [7, 11) is 0. The van der Waals surface area contributed by atoms with E-state index >= 15 is 0 Å². The number of epoxide rings is 1. The van der Waals surface area contributed by atoms with E-state index < -0.39 is 148 Å². The van der Waals surface area contributed by atoms with Gasteiger partial charge in [-0.2, -0.15) is 0 Å². The number of ether oxygens (including phenoxy) is 6. The number of hydrogen-bond acceptors (Lipinski definition) is 20. The van der Waals surface area contributed by atoms with Crippen LogP contribution in [-0.4, -0.2) is 221 Å². The Morgan fingerprint density at radius 2 is 1.13 bits per heavy atom. The molecule has 0 aromatic carbocycles. The average molecular weight is 662 g/mol. The predicted molar refractivity (Wildman–Crippen MR) is 138 cm³/mol. The molecule has 262 valence electrons. The fraction of sp³-hybridized carbons (Fsp3) is 1.00. The lowest BCUT2D eigenvalue weighted by Crippen LogP contribution is -2.71. The average Bonchev–Trinajstić information content (AvgIpc) is 3.79. The summed E-state index contributed by atoms with van der Waals surface area (Å²) >= 11 is 0. The first-order valence-electron chi connectivity index (χ1n) is 14.6. The molecule has 4 heterocycles. The second kappa shape index (κ2) is 14.0. The monoisotopic (exact) mass is 661 g/mol. The van der Waals surface area contributed by atoms with Crippen molar-refractivity contribution < 1.29 is 94.8 Å². The van der Waals surface area contributed by atoms with Gasteiger partial charge in [0.05, 0.1) is 45.1 Å². The summed E-state index contributed by atoms with van der Waals surface area (Å²) in [6.45, 7) is -3.26. The lowest BCUT2D eigenvalue weighted by molar-refractivity contribution is -0.367. The molecule has 1 saturated carbocycles. The first kappa shape index (κ1) is 35.5. The largest absolute Gasteiger partial charge is 0.394 e. The molecule has 0 spiro atoms. The number of aliphatic hydroxyl groups excluding tert-OH is 13. The molecule has 20 heteroatoms. The van der Waals surface area contributed by atoms with Gasteiger partial charge in [0.15, 0.2) is 12.6 Å². The van der Waals surface area contributed by atoms with Gasteiger partial charge in [0.1, 0.15) is 97.2 Å². The second-order valence-electron chi connectivity index (χ2n) is 12.0.